The minimum Gasteiger partial charge on any atom is -0.309 e. The molecule has 0 aliphatic carbocycles. The number of nitrogens with one attached hydrogen (secondary N) is 1. The summed E-state index contributed by atoms with van der Waals surface area (Å²) in [6.45, 7) is 1.89. The van der Waals surface area contributed by atoms with E-state index in [1.807, 2.05) is 31.2 Å². The van der Waals surface area contributed by atoms with Crippen molar-refractivity contribution in [3.05, 3.63) is 59.8 Å². The van der Waals surface area contributed by atoms with Crippen LogP contribution in [0.25, 0.3) is 0 Å². The number of carbonyl (C=O) groups excluding carboxylic acids is 2. The highest BCUT2D eigenvalue weighted by molar-refractivity contribution is 6.09. The molecule has 110 valence electrons. The molecule has 1 aromatic carbocycles. The SMILES string of the molecule is Cc1ccccc1CC(=O)C(C#N)C(=O)Nc1ccccn1. The Morgan fingerprint density at radius 2 is 1.95 bits per heavy atom. The van der Waals surface area contributed by atoms with Crippen molar-refractivity contribution in [2.75, 3.05) is 5.32 Å². The molecule has 0 aliphatic rings. The number of pyridine rings is 1. The van der Waals surface area contributed by atoms with Crippen LogP contribution in [0.2, 0.25) is 0 Å². The summed E-state index contributed by atoms with van der Waals surface area (Å²) in [5.74, 6) is -2.11. The number of benzene rings is 1. The zero-order valence-corrected chi connectivity index (χ0v) is 12.1. The van der Waals surface area contributed by atoms with E-state index in [1.54, 1.807) is 24.3 Å². The van der Waals surface area contributed by atoms with Gasteiger partial charge in [0.2, 0.25) is 0 Å². The van der Waals surface area contributed by atoms with Gasteiger partial charge in [0.1, 0.15) is 5.82 Å². The molecular formula is C17H15N3O2. The maximum atomic E-state index is 12.2. The molecule has 1 unspecified atom stereocenters. The third-order valence-electron chi connectivity index (χ3n) is 3.26. The van der Waals surface area contributed by atoms with E-state index >= 15 is 0 Å². The van der Waals surface area contributed by atoms with Gasteiger partial charge in [-0.1, -0.05) is 30.3 Å². The lowest BCUT2D eigenvalue weighted by atomic mass is 9.96. The van der Waals surface area contributed by atoms with Gasteiger partial charge in [0.25, 0.3) is 5.91 Å². The maximum absolute atomic E-state index is 12.2. The van der Waals surface area contributed by atoms with Gasteiger partial charge in [-0.2, -0.15) is 5.26 Å². The highest BCUT2D eigenvalue weighted by Gasteiger charge is 2.26. The summed E-state index contributed by atoms with van der Waals surface area (Å²) in [6.07, 6.45) is 1.58. The minimum atomic E-state index is -1.35. The van der Waals surface area contributed by atoms with Crippen LogP contribution in [0.4, 0.5) is 5.82 Å². The Balaban J connectivity index is 2.08. The lowest BCUT2D eigenvalue weighted by Gasteiger charge is -2.10. The number of hydrogen-bond acceptors (Lipinski definition) is 4. The number of ketones is 1. The van der Waals surface area contributed by atoms with Gasteiger partial charge in [-0.3, -0.25) is 9.59 Å². The summed E-state index contributed by atoms with van der Waals surface area (Å²) in [7, 11) is 0. The summed E-state index contributed by atoms with van der Waals surface area (Å²) < 4.78 is 0. The fourth-order valence-corrected chi connectivity index (χ4v) is 2.01. The molecule has 1 aromatic heterocycles. The van der Waals surface area contributed by atoms with E-state index in [0.29, 0.717) is 5.82 Å². The second-order valence-corrected chi connectivity index (χ2v) is 4.84. The van der Waals surface area contributed by atoms with E-state index in [-0.39, 0.29) is 6.42 Å². The first-order valence-corrected chi connectivity index (χ1v) is 6.80. The fraction of sp³-hybridized carbons (Fsp3) is 0.176. The molecule has 0 fully saturated rings. The molecule has 0 bridgehead atoms. The molecule has 0 saturated carbocycles. The van der Waals surface area contributed by atoms with E-state index in [0.717, 1.165) is 11.1 Å². The van der Waals surface area contributed by atoms with Gasteiger partial charge in [0, 0.05) is 12.6 Å². The second kappa shape index (κ2) is 7.14. The van der Waals surface area contributed by atoms with Crippen molar-refractivity contribution in [3.8, 4) is 6.07 Å². The van der Waals surface area contributed by atoms with E-state index in [1.165, 1.54) is 6.20 Å². The third kappa shape index (κ3) is 3.76. The van der Waals surface area contributed by atoms with Gasteiger partial charge in [-0.15, -0.1) is 0 Å². The Morgan fingerprint density at radius 1 is 1.23 bits per heavy atom. The topological polar surface area (TPSA) is 82.8 Å². The Labute approximate surface area is 128 Å². The lowest BCUT2D eigenvalue weighted by Crippen LogP contribution is -2.30. The maximum Gasteiger partial charge on any atom is 0.250 e. The Morgan fingerprint density at radius 3 is 2.59 bits per heavy atom. The molecule has 5 nitrogen and oxygen atoms in total. The number of rotatable bonds is 5. The molecule has 2 aromatic rings. The molecule has 0 aliphatic heterocycles. The summed E-state index contributed by atoms with van der Waals surface area (Å²) in [4.78, 5) is 28.2. The summed E-state index contributed by atoms with van der Waals surface area (Å²) in [6, 6.07) is 14.2. The molecular weight excluding hydrogens is 278 g/mol. The van der Waals surface area contributed by atoms with Gasteiger partial charge in [-0.25, -0.2) is 4.98 Å². The van der Waals surface area contributed by atoms with E-state index in [4.69, 9.17) is 5.26 Å². The van der Waals surface area contributed by atoms with Crippen molar-refractivity contribution < 1.29 is 9.59 Å². The number of anilines is 1. The standard InChI is InChI=1S/C17H15N3O2/c1-12-6-2-3-7-13(12)10-15(21)14(11-18)17(22)20-16-8-4-5-9-19-16/h2-9,14H,10H2,1H3,(H,19,20,22). The van der Waals surface area contributed by atoms with E-state index < -0.39 is 17.6 Å². The second-order valence-electron chi connectivity index (χ2n) is 4.84. The van der Waals surface area contributed by atoms with Crippen molar-refractivity contribution in [1.29, 1.82) is 5.26 Å². The van der Waals surface area contributed by atoms with Gasteiger partial charge in [-0.05, 0) is 30.2 Å². The summed E-state index contributed by atoms with van der Waals surface area (Å²) >= 11 is 0. The molecule has 22 heavy (non-hydrogen) atoms. The van der Waals surface area contributed by atoms with Crippen LogP contribution in [0.15, 0.2) is 48.7 Å². The van der Waals surface area contributed by atoms with Crippen LogP contribution in [-0.2, 0) is 16.0 Å². The smallest absolute Gasteiger partial charge is 0.250 e. The van der Waals surface area contributed by atoms with E-state index in [9.17, 15) is 9.59 Å². The number of Topliss-reactive ketones (excluding diaryl/α,β-unsaturated/α-hetero) is 1. The number of nitriles is 1. The molecule has 1 atom stereocenters. The van der Waals surface area contributed by atoms with Crippen molar-refractivity contribution in [2.24, 2.45) is 5.92 Å². The molecule has 0 saturated heterocycles. The Hall–Kier alpha value is -3.00. The Kier molecular flexibility index (Phi) is 4.99. The van der Waals surface area contributed by atoms with Gasteiger partial charge in [0.05, 0.1) is 6.07 Å². The van der Waals surface area contributed by atoms with E-state index in [2.05, 4.69) is 10.3 Å². The lowest BCUT2D eigenvalue weighted by molar-refractivity contribution is -0.128. The predicted octanol–water partition coefficient (Wildman–Crippen LogP) is 2.28. The molecule has 1 N–H and O–H groups in total. The molecule has 1 amide bonds. The number of nitrogens with zero attached hydrogens (tertiary/aromatic N) is 2. The monoisotopic (exact) mass is 293 g/mol. The first-order valence-electron chi connectivity index (χ1n) is 6.80. The van der Waals surface area contributed by atoms with Crippen LogP contribution in [0.3, 0.4) is 0 Å². The quantitative estimate of drug-likeness (QED) is 0.857. The van der Waals surface area contributed by atoms with Crippen LogP contribution < -0.4 is 5.32 Å². The average Bonchev–Trinajstić information content (AvgIpc) is 2.51. The fourth-order valence-electron chi connectivity index (χ4n) is 2.01. The molecule has 1 heterocycles. The van der Waals surface area contributed by atoms with Crippen molar-refractivity contribution in [3.63, 3.8) is 0 Å². The van der Waals surface area contributed by atoms with Crippen LogP contribution in [0.5, 0.6) is 0 Å². The van der Waals surface area contributed by atoms with Crippen LogP contribution in [0.1, 0.15) is 11.1 Å². The normalized spacial score (nSPS) is 11.3. The zero-order valence-electron chi connectivity index (χ0n) is 12.1. The van der Waals surface area contributed by atoms with Crippen LogP contribution in [-0.4, -0.2) is 16.7 Å². The molecule has 0 radical (unpaired) electrons. The number of amides is 1. The minimum absolute atomic E-state index is 0.0561. The predicted molar refractivity (Wildman–Crippen MR) is 81.9 cm³/mol. The van der Waals surface area contributed by atoms with Gasteiger partial charge in [0.15, 0.2) is 11.7 Å². The number of hydrogen-bond donors (Lipinski definition) is 1. The van der Waals surface area contributed by atoms with Crippen molar-refractivity contribution in [2.45, 2.75) is 13.3 Å². The number of aromatic nitrogens is 1. The third-order valence-corrected chi connectivity index (χ3v) is 3.26. The van der Waals surface area contributed by atoms with Gasteiger partial charge < -0.3 is 5.32 Å². The van der Waals surface area contributed by atoms with Crippen LogP contribution >= 0.6 is 0 Å². The van der Waals surface area contributed by atoms with Crippen LogP contribution in [0, 0.1) is 24.2 Å². The van der Waals surface area contributed by atoms with Gasteiger partial charge >= 0.3 is 0 Å². The summed E-state index contributed by atoms with van der Waals surface area (Å²) in [5.41, 5.74) is 1.77. The number of aryl methyl sites for hydroxylation is 1. The average molecular weight is 293 g/mol. The van der Waals surface area contributed by atoms with Crippen molar-refractivity contribution in [1.82, 2.24) is 4.98 Å². The molecule has 0 spiro atoms. The highest BCUT2D eigenvalue weighted by atomic mass is 16.2. The molecule has 2 rings (SSSR count). The highest BCUT2D eigenvalue weighted by Crippen LogP contribution is 2.12. The Bertz CT molecular complexity index is 720. The first kappa shape index (κ1) is 15.4. The van der Waals surface area contributed by atoms with Crippen molar-refractivity contribution >= 4 is 17.5 Å². The number of carbonyl (C=O) groups is 2. The molecule has 5 heteroatoms. The summed E-state index contributed by atoms with van der Waals surface area (Å²) in [5, 5.41) is 11.6. The largest absolute Gasteiger partial charge is 0.309 e. The zero-order chi connectivity index (χ0) is 15.9. The first-order chi connectivity index (χ1) is 10.6.